The van der Waals surface area contributed by atoms with Crippen molar-refractivity contribution in [2.75, 3.05) is 37.6 Å². The maximum absolute atomic E-state index is 12.5. The van der Waals surface area contributed by atoms with Gasteiger partial charge >= 0.3 is 6.09 Å². The second kappa shape index (κ2) is 11.4. The van der Waals surface area contributed by atoms with Gasteiger partial charge in [0.1, 0.15) is 11.2 Å². The number of nitriles is 1. The van der Waals surface area contributed by atoms with Gasteiger partial charge in [0.25, 0.3) is 5.91 Å². The molecule has 2 amide bonds. The predicted octanol–water partition coefficient (Wildman–Crippen LogP) is 5.60. The van der Waals surface area contributed by atoms with Crippen LogP contribution in [0.25, 0.3) is 21.9 Å². The predicted molar refractivity (Wildman–Crippen MR) is 155 cm³/mol. The van der Waals surface area contributed by atoms with Gasteiger partial charge in [0, 0.05) is 54.4 Å². The van der Waals surface area contributed by atoms with Crippen LogP contribution in [0.1, 0.15) is 55.3 Å². The van der Waals surface area contributed by atoms with Crippen molar-refractivity contribution in [2.45, 2.75) is 45.6 Å². The second-order valence-corrected chi connectivity index (χ2v) is 11.3. The first-order chi connectivity index (χ1) is 19.2. The number of benzene rings is 2. The molecule has 0 aliphatic carbocycles. The Morgan fingerprint density at radius 1 is 1.07 bits per heavy atom. The summed E-state index contributed by atoms with van der Waals surface area (Å²) in [7, 11) is 0. The SMILES string of the molecule is CC(C)(C)OC(=O)NC(=O)c1cc2cc(N3CCN(CCCCc4c[nH]c5ccc(C#N)cc45)CC3)ccc2o1. The summed E-state index contributed by atoms with van der Waals surface area (Å²) in [5.41, 5.74) is 4.04. The Balaban J connectivity index is 1.09. The average Bonchev–Trinajstić information content (AvgIpc) is 3.53. The number of imide groups is 1. The molecule has 1 aliphatic rings. The smallest absolute Gasteiger partial charge is 0.414 e. The van der Waals surface area contributed by atoms with E-state index < -0.39 is 17.6 Å². The minimum atomic E-state index is -0.802. The van der Waals surface area contributed by atoms with Crippen LogP contribution in [-0.2, 0) is 11.2 Å². The van der Waals surface area contributed by atoms with Gasteiger partial charge in [-0.25, -0.2) is 4.79 Å². The summed E-state index contributed by atoms with van der Waals surface area (Å²) in [6, 6.07) is 15.6. The summed E-state index contributed by atoms with van der Waals surface area (Å²) in [5.74, 6) is -0.557. The number of nitrogens with one attached hydrogen (secondary N) is 2. The van der Waals surface area contributed by atoms with Crippen molar-refractivity contribution in [3.8, 4) is 6.07 Å². The lowest BCUT2D eigenvalue weighted by Gasteiger charge is -2.36. The molecule has 2 N–H and O–H groups in total. The lowest BCUT2D eigenvalue weighted by Crippen LogP contribution is -2.46. The van der Waals surface area contributed by atoms with E-state index >= 15 is 0 Å². The van der Waals surface area contributed by atoms with E-state index in [1.807, 2.05) is 36.4 Å². The molecule has 208 valence electrons. The van der Waals surface area contributed by atoms with Crippen molar-refractivity contribution in [3.05, 3.63) is 65.5 Å². The molecule has 1 saturated heterocycles. The number of nitrogens with zero attached hydrogens (tertiary/aromatic N) is 3. The molecule has 1 fully saturated rings. The summed E-state index contributed by atoms with van der Waals surface area (Å²) in [6.45, 7) is 10.1. The summed E-state index contributed by atoms with van der Waals surface area (Å²) in [5, 5.41) is 13.4. The highest BCUT2D eigenvalue weighted by molar-refractivity contribution is 6.03. The van der Waals surface area contributed by atoms with E-state index in [0.717, 1.165) is 74.0 Å². The average molecular weight is 542 g/mol. The zero-order valence-corrected chi connectivity index (χ0v) is 23.3. The highest BCUT2D eigenvalue weighted by Gasteiger charge is 2.22. The van der Waals surface area contributed by atoms with Gasteiger partial charge in [0.05, 0.1) is 11.6 Å². The standard InChI is InChI=1S/C31H35N5O4/c1-31(2,3)40-30(38)34-29(37)28-18-23-17-24(8-10-27(23)39-28)36-14-12-35(13-15-36)11-5-4-6-22-20-33-26-9-7-21(19-32)16-25(22)26/h7-10,16-18,20,33H,4-6,11-15H2,1-3H3,(H,34,37,38). The number of unbranched alkanes of at least 4 members (excludes halogenated alkanes) is 1. The summed E-state index contributed by atoms with van der Waals surface area (Å²) in [4.78, 5) is 32.6. The van der Waals surface area contributed by atoms with Gasteiger partial charge in [-0.3, -0.25) is 15.0 Å². The molecule has 9 heteroatoms. The molecule has 0 radical (unpaired) electrons. The molecule has 5 rings (SSSR count). The largest absolute Gasteiger partial charge is 0.451 e. The maximum atomic E-state index is 12.5. The molecule has 0 atom stereocenters. The first-order valence-corrected chi connectivity index (χ1v) is 13.7. The third kappa shape index (κ3) is 6.46. The van der Waals surface area contributed by atoms with E-state index in [-0.39, 0.29) is 5.76 Å². The number of aromatic nitrogens is 1. The number of piperazine rings is 1. The number of alkyl carbamates (subject to hydrolysis) is 1. The van der Waals surface area contributed by atoms with E-state index in [1.54, 1.807) is 26.8 Å². The number of aromatic amines is 1. The van der Waals surface area contributed by atoms with Crippen LogP contribution < -0.4 is 10.2 Å². The fourth-order valence-corrected chi connectivity index (χ4v) is 5.13. The number of ether oxygens (including phenoxy) is 1. The van der Waals surface area contributed by atoms with E-state index in [4.69, 9.17) is 9.15 Å². The number of aryl methyl sites for hydroxylation is 1. The van der Waals surface area contributed by atoms with Gasteiger partial charge in [0.15, 0.2) is 5.76 Å². The molecule has 2 aromatic heterocycles. The first-order valence-electron chi connectivity index (χ1n) is 13.7. The number of hydrogen-bond donors (Lipinski definition) is 2. The van der Waals surface area contributed by atoms with Crippen molar-refractivity contribution < 1.29 is 18.7 Å². The fourth-order valence-electron chi connectivity index (χ4n) is 5.13. The van der Waals surface area contributed by atoms with Gasteiger partial charge < -0.3 is 19.0 Å². The summed E-state index contributed by atoms with van der Waals surface area (Å²) < 4.78 is 10.8. The Kier molecular flexibility index (Phi) is 7.81. The number of carbonyl (C=O) groups is 2. The molecule has 0 bridgehead atoms. The minimum Gasteiger partial charge on any atom is -0.451 e. The number of anilines is 1. The topological polar surface area (TPSA) is 115 Å². The molecule has 40 heavy (non-hydrogen) atoms. The Labute approximate surface area is 233 Å². The van der Waals surface area contributed by atoms with E-state index in [1.165, 1.54) is 5.56 Å². The van der Waals surface area contributed by atoms with Crippen LogP contribution >= 0.6 is 0 Å². The van der Waals surface area contributed by atoms with Crippen molar-refractivity contribution >= 4 is 39.6 Å². The van der Waals surface area contributed by atoms with E-state index in [0.29, 0.717) is 11.1 Å². The van der Waals surface area contributed by atoms with Gasteiger partial charge in [0.2, 0.25) is 0 Å². The third-order valence-corrected chi connectivity index (χ3v) is 7.14. The number of fused-ring (bicyclic) bond motifs is 2. The zero-order valence-electron chi connectivity index (χ0n) is 23.3. The Bertz CT molecular complexity index is 1560. The number of furan rings is 1. The Morgan fingerprint density at radius 3 is 2.62 bits per heavy atom. The van der Waals surface area contributed by atoms with Gasteiger partial charge in [-0.2, -0.15) is 5.26 Å². The number of hydrogen-bond acceptors (Lipinski definition) is 7. The molecule has 0 saturated carbocycles. The maximum Gasteiger partial charge on any atom is 0.414 e. The second-order valence-electron chi connectivity index (χ2n) is 11.3. The monoisotopic (exact) mass is 541 g/mol. The van der Waals surface area contributed by atoms with Crippen molar-refractivity contribution in [3.63, 3.8) is 0 Å². The van der Waals surface area contributed by atoms with Crippen LogP contribution in [0.4, 0.5) is 10.5 Å². The summed E-state index contributed by atoms with van der Waals surface area (Å²) in [6.07, 6.45) is 4.49. The molecule has 3 heterocycles. The van der Waals surface area contributed by atoms with Crippen LogP contribution in [-0.4, -0.2) is 60.2 Å². The van der Waals surface area contributed by atoms with Crippen LogP contribution in [0.2, 0.25) is 0 Å². The molecule has 2 aromatic carbocycles. The normalized spacial score (nSPS) is 14.4. The van der Waals surface area contributed by atoms with Gasteiger partial charge in [-0.15, -0.1) is 0 Å². The highest BCUT2D eigenvalue weighted by atomic mass is 16.6. The van der Waals surface area contributed by atoms with Crippen molar-refractivity contribution in [1.29, 1.82) is 5.26 Å². The lowest BCUT2D eigenvalue weighted by molar-refractivity contribution is 0.0503. The Hall–Kier alpha value is -4.29. The number of carbonyl (C=O) groups excluding carboxylic acids is 2. The molecule has 1 aliphatic heterocycles. The first kappa shape index (κ1) is 27.3. The van der Waals surface area contributed by atoms with Crippen LogP contribution in [0, 0.1) is 11.3 Å². The Morgan fingerprint density at radius 2 is 1.88 bits per heavy atom. The van der Waals surface area contributed by atoms with Crippen molar-refractivity contribution in [1.82, 2.24) is 15.2 Å². The van der Waals surface area contributed by atoms with E-state index in [9.17, 15) is 14.9 Å². The number of rotatable bonds is 7. The third-order valence-electron chi connectivity index (χ3n) is 7.14. The van der Waals surface area contributed by atoms with Gasteiger partial charge in [-0.05, 0) is 94.6 Å². The minimum absolute atomic E-state index is 0.0703. The molecular weight excluding hydrogens is 506 g/mol. The van der Waals surface area contributed by atoms with Crippen molar-refractivity contribution in [2.24, 2.45) is 0 Å². The summed E-state index contributed by atoms with van der Waals surface area (Å²) >= 11 is 0. The van der Waals surface area contributed by atoms with Crippen LogP contribution in [0.5, 0.6) is 0 Å². The van der Waals surface area contributed by atoms with Crippen LogP contribution in [0.15, 0.2) is 53.1 Å². The molecular formula is C31H35N5O4. The molecule has 9 nitrogen and oxygen atoms in total. The highest BCUT2D eigenvalue weighted by Crippen LogP contribution is 2.27. The number of amides is 2. The fraction of sp³-hybridized carbons (Fsp3) is 0.387. The molecule has 0 spiro atoms. The van der Waals surface area contributed by atoms with Crippen LogP contribution in [0.3, 0.4) is 0 Å². The quantitative estimate of drug-likeness (QED) is 0.293. The number of H-pyrrole nitrogens is 1. The molecule has 0 unspecified atom stereocenters. The van der Waals surface area contributed by atoms with Gasteiger partial charge in [-0.1, -0.05) is 0 Å². The lowest BCUT2D eigenvalue weighted by atomic mass is 10.1. The molecule has 4 aromatic rings. The van der Waals surface area contributed by atoms with E-state index in [2.05, 4.69) is 32.4 Å². The zero-order chi connectivity index (χ0) is 28.3.